The molecule has 0 saturated carbocycles. The summed E-state index contributed by atoms with van der Waals surface area (Å²) in [7, 11) is 0. The van der Waals surface area contributed by atoms with Crippen LogP contribution in [0.3, 0.4) is 0 Å². The van der Waals surface area contributed by atoms with Gasteiger partial charge in [-0.05, 0) is 11.6 Å². The summed E-state index contributed by atoms with van der Waals surface area (Å²) in [6, 6.07) is 0. The summed E-state index contributed by atoms with van der Waals surface area (Å²) in [5.41, 5.74) is 5.76. The zero-order chi connectivity index (χ0) is 9.42. The van der Waals surface area contributed by atoms with Crippen LogP contribution in [0.5, 0.6) is 0 Å². The minimum atomic E-state index is -0.549. The van der Waals surface area contributed by atoms with E-state index in [9.17, 15) is 4.39 Å². The highest BCUT2D eigenvalue weighted by molar-refractivity contribution is 6.28. The third-order valence-corrected chi connectivity index (χ3v) is 1.73. The molecular weight excluding hydrogens is 195 g/mol. The van der Waals surface area contributed by atoms with Crippen molar-refractivity contribution in [2.45, 2.75) is 0 Å². The molecule has 2 heterocycles. The van der Waals surface area contributed by atoms with Gasteiger partial charge in [-0.2, -0.15) is 0 Å². The minimum Gasteiger partial charge on any atom is -0.383 e. The second-order valence-electron chi connectivity index (χ2n) is 2.39. The van der Waals surface area contributed by atoms with E-state index in [4.69, 9.17) is 17.3 Å². The van der Waals surface area contributed by atoms with Crippen molar-refractivity contribution in [1.29, 1.82) is 0 Å². The van der Waals surface area contributed by atoms with E-state index in [0.29, 0.717) is 5.52 Å². The number of hydrogen-bond acceptors (Lipinski definition) is 4. The molecule has 0 radical (unpaired) electrons. The van der Waals surface area contributed by atoms with E-state index < -0.39 is 5.82 Å². The molecule has 0 aliphatic rings. The van der Waals surface area contributed by atoms with Gasteiger partial charge in [0.2, 0.25) is 5.28 Å². The molecule has 0 amide bonds. The maximum atomic E-state index is 13.1. The van der Waals surface area contributed by atoms with Crippen molar-refractivity contribution < 1.29 is 4.39 Å². The maximum Gasteiger partial charge on any atom is 0.224 e. The normalized spacial score (nSPS) is 10.6. The predicted molar refractivity (Wildman–Crippen MR) is 46.7 cm³/mol. The minimum absolute atomic E-state index is 0.0163. The molecule has 2 aromatic heterocycles. The molecule has 66 valence electrons. The second kappa shape index (κ2) is 2.77. The third-order valence-electron chi connectivity index (χ3n) is 1.56. The highest BCUT2D eigenvalue weighted by atomic mass is 35.5. The number of anilines is 1. The van der Waals surface area contributed by atoms with Gasteiger partial charge in [0.1, 0.15) is 5.82 Å². The fraction of sp³-hybridized carbons (Fsp3) is 0. The Bertz CT molecular complexity index is 473. The summed E-state index contributed by atoms with van der Waals surface area (Å²) in [4.78, 5) is 11.0. The molecule has 2 aromatic rings. The summed E-state index contributed by atoms with van der Waals surface area (Å²) >= 11 is 5.52. The highest BCUT2D eigenvalue weighted by Gasteiger charge is 2.08. The van der Waals surface area contributed by atoms with Gasteiger partial charge in [0.05, 0.1) is 23.3 Å². The zero-order valence-electron chi connectivity index (χ0n) is 6.33. The lowest BCUT2D eigenvalue weighted by atomic mass is 10.3. The predicted octanol–water partition coefficient (Wildman–Crippen LogP) is 1.40. The van der Waals surface area contributed by atoms with Crippen molar-refractivity contribution in [3.05, 3.63) is 23.5 Å². The van der Waals surface area contributed by atoms with Gasteiger partial charge in [-0.15, -0.1) is 0 Å². The molecule has 0 spiro atoms. The van der Waals surface area contributed by atoms with E-state index in [0.717, 1.165) is 6.20 Å². The van der Waals surface area contributed by atoms with Crippen LogP contribution in [-0.4, -0.2) is 15.0 Å². The van der Waals surface area contributed by atoms with Crippen molar-refractivity contribution in [3.8, 4) is 0 Å². The summed E-state index contributed by atoms with van der Waals surface area (Å²) in [5.74, 6) is -0.526. The zero-order valence-corrected chi connectivity index (χ0v) is 7.09. The van der Waals surface area contributed by atoms with Crippen LogP contribution in [0, 0.1) is 5.82 Å². The van der Waals surface area contributed by atoms with Crippen LogP contribution in [0.2, 0.25) is 5.28 Å². The first-order valence-electron chi connectivity index (χ1n) is 3.40. The first kappa shape index (κ1) is 8.12. The van der Waals surface area contributed by atoms with Gasteiger partial charge in [0, 0.05) is 0 Å². The van der Waals surface area contributed by atoms with E-state index >= 15 is 0 Å². The molecule has 0 atom stereocenters. The highest BCUT2D eigenvalue weighted by Crippen LogP contribution is 2.20. The van der Waals surface area contributed by atoms with E-state index in [-0.39, 0.29) is 16.5 Å². The maximum absolute atomic E-state index is 13.1. The van der Waals surface area contributed by atoms with Gasteiger partial charge >= 0.3 is 0 Å². The SMILES string of the molecule is Nc1nc(Cl)nc2cncc(F)c12. The molecule has 0 aliphatic heterocycles. The quantitative estimate of drug-likeness (QED) is 0.650. The molecule has 0 bridgehead atoms. The summed E-state index contributed by atoms with van der Waals surface area (Å²) in [6.07, 6.45) is 2.43. The van der Waals surface area contributed by atoms with Gasteiger partial charge in [0.25, 0.3) is 0 Å². The van der Waals surface area contributed by atoms with E-state index in [1.54, 1.807) is 0 Å². The Kier molecular flexibility index (Phi) is 1.73. The van der Waals surface area contributed by atoms with Crippen molar-refractivity contribution in [1.82, 2.24) is 15.0 Å². The Labute approximate surface area is 77.6 Å². The van der Waals surface area contributed by atoms with Gasteiger partial charge < -0.3 is 5.73 Å². The summed E-state index contributed by atoms with van der Waals surface area (Å²) < 4.78 is 13.1. The fourth-order valence-electron chi connectivity index (χ4n) is 1.04. The number of aromatic nitrogens is 3. The Morgan fingerprint density at radius 3 is 2.85 bits per heavy atom. The number of pyridine rings is 1. The number of halogens is 2. The number of rotatable bonds is 0. The van der Waals surface area contributed by atoms with Crippen LogP contribution < -0.4 is 5.73 Å². The number of nitrogens with two attached hydrogens (primary N) is 1. The first-order chi connectivity index (χ1) is 6.18. The molecule has 2 rings (SSSR count). The van der Waals surface area contributed by atoms with Gasteiger partial charge in [-0.25, -0.2) is 14.4 Å². The lowest BCUT2D eigenvalue weighted by molar-refractivity contribution is 0.633. The molecule has 0 fully saturated rings. The molecule has 4 nitrogen and oxygen atoms in total. The van der Waals surface area contributed by atoms with Crippen LogP contribution >= 0.6 is 11.6 Å². The molecule has 6 heteroatoms. The molecule has 2 N–H and O–H groups in total. The Balaban J connectivity index is 2.94. The van der Waals surface area contributed by atoms with Gasteiger partial charge in [-0.1, -0.05) is 0 Å². The summed E-state index contributed by atoms with van der Waals surface area (Å²) in [5, 5.41) is 0.136. The van der Waals surface area contributed by atoms with Crippen molar-refractivity contribution in [2.24, 2.45) is 0 Å². The molecule has 13 heavy (non-hydrogen) atoms. The van der Waals surface area contributed by atoms with Gasteiger partial charge in [0.15, 0.2) is 5.82 Å². The largest absolute Gasteiger partial charge is 0.383 e. The van der Waals surface area contributed by atoms with E-state index in [2.05, 4.69) is 15.0 Å². The van der Waals surface area contributed by atoms with E-state index in [1.165, 1.54) is 6.20 Å². The van der Waals surface area contributed by atoms with Crippen molar-refractivity contribution >= 4 is 28.3 Å². The number of hydrogen-bond donors (Lipinski definition) is 1. The molecule has 0 aromatic carbocycles. The van der Waals surface area contributed by atoms with Crippen LogP contribution in [0.15, 0.2) is 12.4 Å². The Hall–Kier alpha value is -1.49. The fourth-order valence-corrected chi connectivity index (χ4v) is 1.22. The molecule has 0 saturated heterocycles. The lowest BCUT2D eigenvalue weighted by Crippen LogP contribution is -1.97. The van der Waals surface area contributed by atoms with Crippen LogP contribution in [0.1, 0.15) is 0 Å². The average Bonchev–Trinajstić information content (AvgIpc) is 2.02. The third kappa shape index (κ3) is 1.27. The Morgan fingerprint density at radius 1 is 1.31 bits per heavy atom. The van der Waals surface area contributed by atoms with Crippen LogP contribution in [-0.2, 0) is 0 Å². The number of nitrogen functional groups attached to an aromatic ring is 1. The van der Waals surface area contributed by atoms with Crippen LogP contribution in [0.4, 0.5) is 10.2 Å². The van der Waals surface area contributed by atoms with Crippen molar-refractivity contribution in [2.75, 3.05) is 5.73 Å². The topological polar surface area (TPSA) is 64.7 Å². The Morgan fingerprint density at radius 2 is 2.08 bits per heavy atom. The number of nitrogens with zero attached hydrogens (tertiary/aromatic N) is 3. The lowest BCUT2D eigenvalue weighted by Gasteiger charge is -2.00. The smallest absolute Gasteiger partial charge is 0.224 e. The monoisotopic (exact) mass is 198 g/mol. The molecule has 0 unspecified atom stereocenters. The average molecular weight is 199 g/mol. The summed E-state index contributed by atoms with van der Waals surface area (Å²) in [6.45, 7) is 0. The van der Waals surface area contributed by atoms with Crippen LogP contribution in [0.25, 0.3) is 10.9 Å². The molecule has 0 aliphatic carbocycles. The first-order valence-corrected chi connectivity index (χ1v) is 3.78. The van der Waals surface area contributed by atoms with Crippen molar-refractivity contribution in [3.63, 3.8) is 0 Å². The number of fused-ring (bicyclic) bond motifs is 1. The van der Waals surface area contributed by atoms with E-state index in [1.807, 2.05) is 0 Å². The standard InChI is InChI=1S/C7H4ClFN4/c8-7-12-4-2-11-1-3(9)5(4)6(10)13-7/h1-2H,(H2,10,12,13). The molecular formula is C7H4ClFN4. The van der Waals surface area contributed by atoms with Gasteiger partial charge in [-0.3, -0.25) is 4.98 Å². The second-order valence-corrected chi connectivity index (χ2v) is 2.73.